The Labute approximate surface area is 235 Å². The minimum atomic E-state index is -5.08. The van der Waals surface area contributed by atoms with E-state index >= 15 is 0 Å². The first-order chi connectivity index (χ1) is 19.9. The first-order valence-corrected chi connectivity index (χ1v) is 12.5. The number of carbonyl (C=O) groups excluding carboxylic acids is 1. The lowest BCUT2D eigenvalue weighted by atomic mass is 10.1. The summed E-state index contributed by atoms with van der Waals surface area (Å²) in [6.45, 7) is 1.99. The molecule has 5 rings (SSSR count). The molecule has 1 fully saturated rings. The van der Waals surface area contributed by atoms with E-state index in [2.05, 4.69) is 30.4 Å². The third kappa shape index (κ3) is 8.42. The molecule has 42 heavy (non-hydrogen) atoms. The predicted octanol–water partition coefficient (Wildman–Crippen LogP) is 5.49. The second-order valence-electron chi connectivity index (χ2n) is 9.05. The number of alkyl halides is 5. The van der Waals surface area contributed by atoms with Gasteiger partial charge in [-0.1, -0.05) is 12.1 Å². The number of pyridine rings is 1. The van der Waals surface area contributed by atoms with E-state index in [1.54, 1.807) is 24.4 Å². The lowest BCUT2D eigenvalue weighted by molar-refractivity contribution is -0.286. The molecular formula is C27H25F5N4O6. The van der Waals surface area contributed by atoms with Gasteiger partial charge in [-0.05, 0) is 54.8 Å². The van der Waals surface area contributed by atoms with Crippen LogP contribution in [0.25, 0.3) is 0 Å². The molecule has 1 amide bonds. The Hall–Kier alpha value is -4.66. The molecule has 15 heteroatoms. The topological polar surface area (TPSA) is 131 Å². The van der Waals surface area contributed by atoms with Crippen molar-refractivity contribution < 1.29 is 50.9 Å². The molecule has 0 aliphatic carbocycles. The lowest BCUT2D eigenvalue weighted by Crippen LogP contribution is -2.25. The number of carboxylic acids is 1. The normalized spacial score (nSPS) is 16.6. The van der Waals surface area contributed by atoms with Gasteiger partial charge in [-0.15, -0.1) is 8.78 Å². The molecule has 0 bridgehead atoms. The zero-order chi connectivity index (χ0) is 30.3. The number of carboxylic acid groups (broad SMARTS) is 1. The van der Waals surface area contributed by atoms with Crippen LogP contribution in [0.3, 0.4) is 0 Å². The Morgan fingerprint density at radius 2 is 1.76 bits per heavy atom. The van der Waals surface area contributed by atoms with Crippen molar-refractivity contribution in [2.45, 2.75) is 38.0 Å². The summed E-state index contributed by atoms with van der Waals surface area (Å²) in [5, 5.41) is 16.4. The Morgan fingerprint density at radius 3 is 2.48 bits per heavy atom. The number of aliphatic carboxylic acids is 1. The van der Waals surface area contributed by atoms with Gasteiger partial charge in [0.05, 0.1) is 11.7 Å². The van der Waals surface area contributed by atoms with Crippen molar-refractivity contribution in [3.63, 3.8) is 0 Å². The van der Waals surface area contributed by atoms with E-state index in [0.29, 0.717) is 30.0 Å². The van der Waals surface area contributed by atoms with E-state index in [4.69, 9.17) is 14.6 Å². The molecule has 2 aliphatic heterocycles. The van der Waals surface area contributed by atoms with Crippen molar-refractivity contribution in [1.29, 1.82) is 0 Å². The summed E-state index contributed by atoms with van der Waals surface area (Å²) in [6, 6.07) is 15.0. The Kier molecular flexibility index (Phi) is 9.30. The summed E-state index contributed by atoms with van der Waals surface area (Å²) >= 11 is 0. The molecular weight excluding hydrogens is 571 g/mol. The van der Waals surface area contributed by atoms with Crippen LogP contribution in [0, 0.1) is 0 Å². The van der Waals surface area contributed by atoms with Gasteiger partial charge in [-0.2, -0.15) is 13.2 Å². The summed E-state index contributed by atoms with van der Waals surface area (Å²) < 4.78 is 72.7. The van der Waals surface area contributed by atoms with Gasteiger partial charge < -0.3 is 35.3 Å². The number of nitrogens with zero attached hydrogens (tertiary/aromatic N) is 1. The number of benzene rings is 2. The van der Waals surface area contributed by atoms with E-state index in [-0.39, 0.29) is 17.6 Å². The maximum Gasteiger partial charge on any atom is 0.586 e. The average Bonchev–Trinajstić information content (AvgIpc) is 3.57. The van der Waals surface area contributed by atoms with Crippen LogP contribution >= 0.6 is 0 Å². The second-order valence-corrected chi connectivity index (χ2v) is 9.05. The monoisotopic (exact) mass is 596 g/mol. The highest BCUT2D eigenvalue weighted by Gasteiger charge is 2.43. The van der Waals surface area contributed by atoms with Gasteiger partial charge in [-0.3, -0.25) is 4.79 Å². The molecule has 224 valence electrons. The first-order valence-electron chi connectivity index (χ1n) is 12.5. The number of fused-ring (bicyclic) bond motifs is 1. The highest BCUT2D eigenvalue weighted by molar-refractivity contribution is 6.08. The molecule has 1 unspecified atom stereocenters. The van der Waals surface area contributed by atoms with Crippen molar-refractivity contribution in [3.8, 4) is 11.5 Å². The second kappa shape index (κ2) is 12.9. The van der Waals surface area contributed by atoms with Gasteiger partial charge in [0.15, 0.2) is 11.5 Å². The van der Waals surface area contributed by atoms with Crippen LogP contribution in [0.15, 0.2) is 60.8 Å². The van der Waals surface area contributed by atoms with Gasteiger partial charge in [0.2, 0.25) is 0 Å². The average molecular weight is 597 g/mol. The van der Waals surface area contributed by atoms with Crippen LogP contribution in [-0.2, 0) is 16.1 Å². The molecule has 0 spiro atoms. The van der Waals surface area contributed by atoms with Crippen molar-refractivity contribution in [3.05, 3.63) is 71.9 Å². The van der Waals surface area contributed by atoms with Crippen LogP contribution in [0.4, 0.5) is 39.1 Å². The number of nitrogens with one attached hydrogen (secondary N) is 3. The molecule has 1 aromatic heterocycles. The summed E-state index contributed by atoms with van der Waals surface area (Å²) in [7, 11) is 0. The third-order valence-corrected chi connectivity index (χ3v) is 5.92. The number of hydrogen-bond acceptors (Lipinski definition) is 8. The SMILES string of the molecule is O=C(Nc1ccc2c(c1)OC(F)(F)O2)c1ccccc1NCc1ccnc(NCC2CCCO2)c1.O=C(O)C(F)(F)F. The molecule has 10 nitrogen and oxygen atoms in total. The van der Waals surface area contributed by atoms with E-state index in [0.717, 1.165) is 30.8 Å². The minimum Gasteiger partial charge on any atom is -0.475 e. The zero-order valence-electron chi connectivity index (χ0n) is 21.7. The van der Waals surface area contributed by atoms with Crippen molar-refractivity contribution >= 4 is 29.1 Å². The number of aromatic nitrogens is 1. The number of hydrogen-bond donors (Lipinski definition) is 4. The summed E-state index contributed by atoms with van der Waals surface area (Å²) in [4.78, 5) is 26.2. The molecule has 4 N–H and O–H groups in total. The van der Waals surface area contributed by atoms with Gasteiger partial charge in [0, 0.05) is 43.3 Å². The van der Waals surface area contributed by atoms with E-state index < -0.39 is 24.3 Å². The fraction of sp³-hybridized carbons (Fsp3) is 0.296. The maximum atomic E-state index is 13.3. The van der Waals surface area contributed by atoms with Crippen LogP contribution in [0.1, 0.15) is 28.8 Å². The van der Waals surface area contributed by atoms with E-state index in [1.807, 2.05) is 18.2 Å². The quantitative estimate of drug-likeness (QED) is 0.249. The Morgan fingerprint density at radius 1 is 1.02 bits per heavy atom. The number of amides is 1. The fourth-order valence-corrected chi connectivity index (χ4v) is 3.96. The molecule has 0 saturated carbocycles. The molecule has 3 heterocycles. The predicted molar refractivity (Wildman–Crippen MR) is 140 cm³/mol. The van der Waals surface area contributed by atoms with Gasteiger partial charge in [0.25, 0.3) is 5.91 Å². The van der Waals surface area contributed by atoms with Gasteiger partial charge in [0.1, 0.15) is 5.82 Å². The number of anilines is 3. The van der Waals surface area contributed by atoms with Crippen LogP contribution in [0.2, 0.25) is 0 Å². The highest BCUT2D eigenvalue weighted by Crippen LogP contribution is 2.42. The summed E-state index contributed by atoms with van der Waals surface area (Å²) in [5.74, 6) is -2.61. The Balaban J connectivity index is 0.000000517. The van der Waals surface area contributed by atoms with Crippen LogP contribution in [-0.4, -0.2) is 53.7 Å². The summed E-state index contributed by atoms with van der Waals surface area (Å²) in [6.07, 6.45) is -4.72. The van der Waals surface area contributed by atoms with Gasteiger partial charge in [-0.25, -0.2) is 9.78 Å². The third-order valence-electron chi connectivity index (χ3n) is 5.92. The molecule has 0 radical (unpaired) electrons. The Bertz CT molecular complexity index is 1420. The van der Waals surface area contributed by atoms with Crippen LogP contribution < -0.4 is 25.4 Å². The zero-order valence-corrected chi connectivity index (χ0v) is 21.7. The van der Waals surface area contributed by atoms with Crippen molar-refractivity contribution in [2.24, 2.45) is 0 Å². The molecule has 1 saturated heterocycles. The highest BCUT2D eigenvalue weighted by atomic mass is 19.4. The molecule has 2 aromatic carbocycles. The standard InChI is InChI=1S/C25H24F2N4O4.C2HF3O2/c26-25(27)34-21-8-7-17(13-22(21)35-25)31-24(32)19-5-1-2-6-20(19)29-14-16-9-10-28-23(12-16)30-15-18-4-3-11-33-18;3-2(4,5)1(6)7/h1-2,5-10,12-13,18,29H,3-4,11,14-15H2,(H,28,30)(H,31,32);(H,6,7). The number of rotatable bonds is 8. The number of para-hydroxylation sites is 1. The summed E-state index contributed by atoms with van der Waals surface area (Å²) in [5.41, 5.74) is 2.33. The smallest absolute Gasteiger partial charge is 0.475 e. The number of carbonyl (C=O) groups is 2. The van der Waals surface area contributed by atoms with Gasteiger partial charge >= 0.3 is 18.4 Å². The van der Waals surface area contributed by atoms with Crippen molar-refractivity contribution in [1.82, 2.24) is 4.98 Å². The molecule has 2 aliphatic rings. The molecule has 3 aromatic rings. The number of halogens is 5. The minimum absolute atomic E-state index is 0.0861. The first kappa shape index (κ1) is 30.3. The van der Waals surface area contributed by atoms with Crippen LogP contribution in [0.5, 0.6) is 11.5 Å². The largest absolute Gasteiger partial charge is 0.586 e. The maximum absolute atomic E-state index is 13.3. The number of ether oxygens (including phenoxy) is 3. The lowest BCUT2D eigenvalue weighted by Gasteiger charge is -2.14. The van der Waals surface area contributed by atoms with Crippen molar-refractivity contribution in [2.75, 3.05) is 29.1 Å². The fourth-order valence-electron chi connectivity index (χ4n) is 3.96. The molecule has 1 atom stereocenters. The van der Waals surface area contributed by atoms with E-state index in [1.165, 1.54) is 18.2 Å². The van der Waals surface area contributed by atoms with E-state index in [9.17, 15) is 26.7 Å².